The molecule has 0 N–H and O–H groups in total. The smallest absolute Gasteiger partial charge is 0.254 e. The van der Waals surface area contributed by atoms with Gasteiger partial charge in [-0.1, -0.05) is 6.07 Å². The molecule has 0 atom stereocenters. The molecule has 0 saturated carbocycles. The molecule has 0 bridgehead atoms. The van der Waals surface area contributed by atoms with Crippen LogP contribution in [-0.4, -0.2) is 37.8 Å². The van der Waals surface area contributed by atoms with E-state index in [1.165, 1.54) is 0 Å². The second-order valence-corrected chi connectivity index (χ2v) is 6.12. The highest BCUT2D eigenvalue weighted by molar-refractivity contribution is 7.98. The number of benzene rings is 2. The SMILES string of the molecule is CCN(Cc1ccc(OC)c(OC)c1)C(=O)c1ccc(SC)cc1. The lowest BCUT2D eigenvalue weighted by molar-refractivity contribution is 0.0752. The Hall–Kier alpha value is -2.14. The van der Waals surface area contributed by atoms with Gasteiger partial charge in [0.05, 0.1) is 14.2 Å². The van der Waals surface area contributed by atoms with E-state index >= 15 is 0 Å². The summed E-state index contributed by atoms with van der Waals surface area (Å²) in [5.41, 5.74) is 1.71. The molecule has 2 aromatic rings. The first kappa shape index (κ1) is 18.2. The molecule has 0 spiro atoms. The Kier molecular flexibility index (Phi) is 6.55. The summed E-state index contributed by atoms with van der Waals surface area (Å²) in [7, 11) is 3.22. The molecule has 0 unspecified atom stereocenters. The molecule has 5 heteroatoms. The Morgan fingerprint density at radius 1 is 1.04 bits per heavy atom. The molecule has 4 nitrogen and oxygen atoms in total. The van der Waals surface area contributed by atoms with Gasteiger partial charge in [-0.15, -0.1) is 11.8 Å². The van der Waals surface area contributed by atoms with E-state index in [1.54, 1.807) is 26.0 Å². The summed E-state index contributed by atoms with van der Waals surface area (Å²) < 4.78 is 10.6. The minimum absolute atomic E-state index is 0.0277. The number of amides is 1. The van der Waals surface area contributed by atoms with Crippen molar-refractivity contribution in [3.63, 3.8) is 0 Å². The maximum atomic E-state index is 12.7. The van der Waals surface area contributed by atoms with E-state index in [0.29, 0.717) is 30.2 Å². The summed E-state index contributed by atoms with van der Waals surface area (Å²) in [6, 6.07) is 13.4. The number of rotatable bonds is 7. The fourth-order valence-corrected chi connectivity index (χ4v) is 2.85. The third-order valence-corrected chi connectivity index (χ3v) is 4.57. The van der Waals surface area contributed by atoms with Crippen molar-refractivity contribution in [3.05, 3.63) is 53.6 Å². The Balaban J connectivity index is 2.17. The van der Waals surface area contributed by atoms with Crippen molar-refractivity contribution in [2.45, 2.75) is 18.4 Å². The lowest BCUT2D eigenvalue weighted by Crippen LogP contribution is -2.30. The van der Waals surface area contributed by atoms with Gasteiger partial charge in [0.25, 0.3) is 5.91 Å². The minimum Gasteiger partial charge on any atom is -0.493 e. The number of thioether (sulfide) groups is 1. The minimum atomic E-state index is 0.0277. The van der Waals surface area contributed by atoms with Gasteiger partial charge >= 0.3 is 0 Å². The van der Waals surface area contributed by atoms with Crippen LogP contribution >= 0.6 is 11.8 Å². The lowest BCUT2D eigenvalue weighted by atomic mass is 10.1. The summed E-state index contributed by atoms with van der Waals surface area (Å²) in [6.45, 7) is 3.15. The molecule has 0 aromatic heterocycles. The van der Waals surface area contributed by atoms with Gasteiger partial charge in [-0.25, -0.2) is 0 Å². The van der Waals surface area contributed by atoms with Crippen LogP contribution in [0.5, 0.6) is 11.5 Å². The number of ether oxygens (including phenoxy) is 2. The molecule has 0 aliphatic carbocycles. The third-order valence-electron chi connectivity index (χ3n) is 3.83. The first-order chi connectivity index (χ1) is 11.6. The summed E-state index contributed by atoms with van der Waals surface area (Å²) in [6.07, 6.45) is 2.02. The summed E-state index contributed by atoms with van der Waals surface area (Å²) >= 11 is 1.66. The fraction of sp³-hybridized carbons (Fsp3) is 0.316. The number of carbonyl (C=O) groups is 1. The molecule has 2 aromatic carbocycles. The molecular weight excluding hydrogens is 322 g/mol. The van der Waals surface area contributed by atoms with Crippen molar-refractivity contribution < 1.29 is 14.3 Å². The predicted molar refractivity (Wildman–Crippen MR) is 98.2 cm³/mol. The topological polar surface area (TPSA) is 38.8 Å². The monoisotopic (exact) mass is 345 g/mol. The number of nitrogens with zero attached hydrogens (tertiary/aromatic N) is 1. The van der Waals surface area contributed by atoms with Crippen LogP contribution in [0.4, 0.5) is 0 Å². The van der Waals surface area contributed by atoms with E-state index in [9.17, 15) is 4.79 Å². The average molecular weight is 345 g/mol. The number of carbonyl (C=O) groups excluding carboxylic acids is 1. The van der Waals surface area contributed by atoms with E-state index < -0.39 is 0 Å². The van der Waals surface area contributed by atoms with E-state index in [-0.39, 0.29) is 5.91 Å². The van der Waals surface area contributed by atoms with E-state index in [0.717, 1.165) is 10.5 Å². The quantitative estimate of drug-likeness (QED) is 0.709. The van der Waals surface area contributed by atoms with Gasteiger partial charge in [0.1, 0.15) is 0 Å². The van der Waals surface area contributed by atoms with Crippen LogP contribution in [0, 0.1) is 0 Å². The Morgan fingerprint density at radius 2 is 1.71 bits per heavy atom. The average Bonchev–Trinajstić information content (AvgIpc) is 2.65. The summed E-state index contributed by atoms with van der Waals surface area (Å²) in [4.78, 5) is 15.7. The largest absolute Gasteiger partial charge is 0.493 e. The van der Waals surface area contributed by atoms with E-state index in [1.807, 2.05) is 60.5 Å². The highest BCUT2D eigenvalue weighted by Gasteiger charge is 2.15. The highest BCUT2D eigenvalue weighted by Crippen LogP contribution is 2.28. The zero-order valence-corrected chi connectivity index (χ0v) is 15.4. The van der Waals surface area contributed by atoms with Gasteiger partial charge in [0.2, 0.25) is 0 Å². The maximum Gasteiger partial charge on any atom is 0.254 e. The van der Waals surface area contributed by atoms with E-state index in [4.69, 9.17) is 9.47 Å². The zero-order valence-electron chi connectivity index (χ0n) is 14.5. The Morgan fingerprint density at radius 3 is 2.25 bits per heavy atom. The van der Waals surface area contributed by atoms with Crippen molar-refractivity contribution in [2.24, 2.45) is 0 Å². The molecule has 0 aliphatic heterocycles. The first-order valence-electron chi connectivity index (χ1n) is 7.77. The zero-order chi connectivity index (χ0) is 17.5. The van der Waals surface area contributed by atoms with Crippen LogP contribution < -0.4 is 9.47 Å². The molecule has 0 radical (unpaired) electrons. The first-order valence-corrected chi connectivity index (χ1v) is 8.99. The van der Waals surface area contributed by atoms with Gasteiger partial charge in [0.15, 0.2) is 11.5 Å². The molecule has 128 valence electrons. The highest BCUT2D eigenvalue weighted by atomic mass is 32.2. The van der Waals surface area contributed by atoms with Gasteiger partial charge < -0.3 is 14.4 Å². The van der Waals surface area contributed by atoms with Crippen LogP contribution in [0.25, 0.3) is 0 Å². The third kappa shape index (κ3) is 4.23. The molecule has 0 fully saturated rings. The molecule has 0 aliphatic rings. The van der Waals surface area contributed by atoms with Gasteiger partial charge in [-0.05, 0) is 55.1 Å². The van der Waals surface area contributed by atoms with Gasteiger partial charge in [0, 0.05) is 23.5 Å². The number of hydrogen-bond acceptors (Lipinski definition) is 4. The van der Waals surface area contributed by atoms with Crippen LogP contribution in [0.1, 0.15) is 22.8 Å². The standard InChI is InChI=1S/C19H23NO3S/c1-5-20(19(21)15-7-9-16(24-4)10-8-15)13-14-6-11-17(22-2)18(12-14)23-3/h6-12H,5,13H2,1-4H3. The van der Waals surface area contributed by atoms with Crippen molar-refractivity contribution >= 4 is 17.7 Å². The Bertz CT molecular complexity index is 686. The maximum absolute atomic E-state index is 12.7. The lowest BCUT2D eigenvalue weighted by Gasteiger charge is -2.22. The van der Waals surface area contributed by atoms with Gasteiger partial charge in [-0.2, -0.15) is 0 Å². The molecular formula is C19H23NO3S. The number of methoxy groups -OCH3 is 2. The van der Waals surface area contributed by atoms with Crippen LogP contribution in [-0.2, 0) is 6.54 Å². The van der Waals surface area contributed by atoms with E-state index in [2.05, 4.69) is 0 Å². The normalized spacial score (nSPS) is 10.3. The van der Waals surface area contributed by atoms with Crippen molar-refractivity contribution in [3.8, 4) is 11.5 Å². The van der Waals surface area contributed by atoms with Crippen molar-refractivity contribution in [1.29, 1.82) is 0 Å². The summed E-state index contributed by atoms with van der Waals surface area (Å²) in [5, 5.41) is 0. The molecule has 24 heavy (non-hydrogen) atoms. The van der Waals surface area contributed by atoms with Gasteiger partial charge in [-0.3, -0.25) is 4.79 Å². The van der Waals surface area contributed by atoms with Crippen molar-refractivity contribution in [2.75, 3.05) is 27.0 Å². The van der Waals surface area contributed by atoms with Crippen LogP contribution in [0.2, 0.25) is 0 Å². The predicted octanol–water partition coefficient (Wildman–Crippen LogP) is 4.09. The second kappa shape index (κ2) is 8.64. The van der Waals surface area contributed by atoms with Crippen LogP contribution in [0.15, 0.2) is 47.4 Å². The molecule has 2 rings (SSSR count). The molecule has 0 heterocycles. The fourth-order valence-electron chi connectivity index (χ4n) is 2.44. The molecule has 1 amide bonds. The van der Waals surface area contributed by atoms with Crippen molar-refractivity contribution in [1.82, 2.24) is 4.90 Å². The van der Waals surface area contributed by atoms with Crippen LogP contribution in [0.3, 0.4) is 0 Å². The Labute approximate surface area is 147 Å². The summed E-state index contributed by atoms with van der Waals surface area (Å²) in [5.74, 6) is 1.38. The molecule has 0 saturated heterocycles. The second-order valence-electron chi connectivity index (χ2n) is 5.24. The number of hydrogen-bond donors (Lipinski definition) is 0.